The average molecular weight is 353 g/mol. The van der Waals surface area contributed by atoms with Gasteiger partial charge in [0.15, 0.2) is 5.11 Å². The molecule has 0 aliphatic carbocycles. The molecule has 0 aromatic heterocycles. The van der Waals surface area contributed by atoms with Crippen LogP contribution in [0.25, 0.3) is 0 Å². The second-order valence-corrected chi connectivity index (χ2v) is 6.08. The molecule has 0 saturated heterocycles. The van der Waals surface area contributed by atoms with Gasteiger partial charge in [-0.3, -0.25) is 10.1 Å². The number of carbonyl (C=O) groups is 1. The predicted octanol–water partition coefficient (Wildman–Crippen LogP) is 4.74. The van der Waals surface area contributed by atoms with Gasteiger partial charge in [0.25, 0.3) is 5.91 Å². The van der Waals surface area contributed by atoms with E-state index in [1.165, 1.54) is 11.6 Å². The molecule has 2 aromatic carbocycles. The van der Waals surface area contributed by atoms with Crippen molar-refractivity contribution < 1.29 is 4.79 Å². The molecule has 6 heteroatoms. The smallest absolute Gasteiger partial charge is 0.258 e. The molecule has 0 aliphatic rings. The molecular weight excluding hydrogens is 339 g/mol. The Morgan fingerprint density at radius 2 is 1.77 bits per heavy atom. The van der Waals surface area contributed by atoms with Crippen LogP contribution in [-0.2, 0) is 0 Å². The predicted molar refractivity (Wildman–Crippen MR) is 96.1 cm³/mol. The third kappa shape index (κ3) is 4.19. The normalized spacial score (nSPS) is 10.2. The molecule has 22 heavy (non-hydrogen) atoms. The minimum Gasteiger partial charge on any atom is -0.332 e. The summed E-state index contributed by atoms with van der Waals surface area (Å²) in [5, 5.41) is 6.52. The van der Waals surface area contributed by atoms with Gasteiger partial charge in [0, 0.05) is 10.7 Å². The molecule has 114 valence electrons. The number of hydrogen-bond donors (Lipinski definition) is 2. The Morgan fingerprint density at radius 3 is 2.41 bits per heavy atom. The summed E-state index contributed by atoms with van der Waals surface area (Å²) in [6.07, 6.45) is 0. The van der Waals surface area contributed by atoms with Crippen LogP contribution >= 0.6 is 35.4 Å². The highest BCUT2D eigenvalue weighted by atomic mass is 35.5. The van der Waals surface area contributed by atoms with E-state index >= 15 is 0 Å². The van der Waals surface area contributed by atoms with Crippen LogP contribution in [0, 0.1) is 13.8 Å². The fraction of sp³-hybridized carbons (Fsp3) is 0.125. The maximum absolute atomic E-state index is 12.1. The second-order valence-electron chi connectivity index (χ2n) is 4.83. The molecule has 0 radical (unpaired) electrons. The molecule has 0 bridgehead atoms. The number of anilines is 1. The van der Waals surface area contributed by atoms with E-state index in [2.05, 4.69) is 10.6 Å². The van der Waals surface area contributed by atoms with E-state index in [1.807, 2.05) is 32.0 Å². The van der Waals surface area contributed by atoms with Crippen molar-refractivity contribution >= 4 is 52.1 Å². The van der Waals surface area contributed by atoms with Crippen LogP contribution in [0.15, 0.2) is 36.4 Å². The minimum absolute atomic E-state index is 0.208. The van der Waals surface area contributed by atoms with Crippen LogP contribution in [-0.4, -0.2) is 11.0 Å². The Labute approximate surface area is 144 Å². The van der Waals surface area contributed by atoms with Crippen molar-refractivity contribution in [3.05, 3.63) is 63.1 Å². The fourth-order valence-corrected chi connectivity index (χ4v) is 2.53. The summed E-state index contributed by atoms with van der Waals surface area (Å²) in [7, 11) is 0. The van der Waals surface area contributed by atoms with E-state index in [0.29, 0.717) is 10.6 Å². The maximum atomic E-state index is 12.1. The van der Waals surface area contributed by atoms with E-state index < -0.39 is 0 Å². The minimum atomic E-state index is -0.386. The zero-order valence-corrected chi connectivity index (χ0v) is 14.4. The summed E-state index contributed by atoms with van der Waals surface area (Å²) in [5.74, 6) is -0.386. The standard InChI is InChI=1S/C16H14Cl2N2OS/c1-9-3-5-12(7-10(9)2)19-16(22)20-15(21)13-6-4-11(17)8-14(13)18/h3-8H,1-2H3,(H2,19,20,21,22). The summed E-state index contributed by atoms with van der Waals surface area (Å²) in [5.41, 5.74) is 3.46. The molecule has 0 fully saturated rings. The summed E-state index contributed by atoms with van der Waals surface area (Å²) >= 11 is 17.0. The van der Waals surface area contributed by atoms with Crippen LogP contribution < -0.4 is 10.6 Å². The molecule has 0 aliphatic heterocycles. The molecule has 2 rings (SSSR count). The van der Waals surface area contributed by atoms with Gasteiger partial charge in [0.2, 0.25) is 0 Å². The van der Waals surface area contributed by atoms with Gasteiger partial charge in [-0.2, -0.15) is 0 Å². The highest BCUT2D eigenvalue weighted by molar-refractivity contribution is 7.80. The van der Waals surface area contributed by atoms with Gasteiger partial charge in [-0.1, -0.05) is 29.3 Å². The van der Waals surface area contributed by atoms with Crippen LogP contribution in [0.2, 0.25) is 10.0 Å². The number of rotatable bonds is 2. The van der Waals surface area contributed by atoms with Gasteiger partial charge in [-0.05, 0) is 67.5 Å². The first kappa shape index (κ1) is 16.7. The van der Waals surface area contributed by atoms with Crippen LogP contribution in [0.3, 0.4) is 0 Å². The molecule has 2 aromatic rings. The monoisotopic (exact) mass is 352 g/mol. The number of thiocarbonyl (C=S) groups is 1. The number of benzene rings is 2. The summed E-state index contributed by atoms with van der Waals surface area (Å²) < 4.78 is 0. The fourth-order valence-electron chi connectivity index (χ4n) is 1.83. The van der Waals surface area contributed by atoms with E-state index in [-0.39, 0.29) is 16.0 Å². The van der Waals surface area contributed by atoms with Crippen molar-refractivity contribution in [1.29, 1.82) is 0 Å². The third-order valence-electron chi connectivity index (χ3n) is 3.17. The lowest BCUT2D eigenvalue weighted by Gasteiger charge is -2.11. The topological polar surface area (TPSA) is 41.1 Å². The van der Waals surface area contributed by atoms with Crippen molar-refractivity contribution in [3.63, 3.8) is 0 Å². The first-order valence-corrected chi connectivity index (χ1v) is 7.68. The number of halogens is 2. The van der Waals surface area contributed by atoms with Crippen molar-refractivity contribution in [2.24, 2.45) is 0 Å². The van der Waals surface area contributed by atoms with E-state index in [1.54, 1.807) is 12.1 Å². The Bertz CT molecular complexity index is 747. The Balaban J connectivity index is 2.05. The van der Waals surface area contributed by atoms with Gasteiger partial charge in [0.1, 0.15) is 0 Å². The average Bonchev–Trinajstić information content (AvgIpc) is 2.42. The van der Waals surface area contributed by atoms with Crippen LogP contribution in [0.4, 0.5) is 5.69 Å². The van der Waals surface area contributed by atoms with E-state index in [0.717, 1.165) is 11.3 Å². The van der Waals surface area contributed by atoms with Gasteiger partial charge in [-0.25, -0.2) is 0 Å². The summed E-state index contributed by atoms with van der Waals surface area (Å²) in [6.45, 7) is 4.04. The van der Waals surface area contributed by atoms with Gasteiger partial charge >= 0.3 is 0 Å². The number of carbonyl (C=O) groups excluding carboxylic acids is 1. The van der Waals surface area contributed by atoms with E-state index in [9.17, 15) is 4.79 Å². The molecule has 0 atom stereocenters. The molecular formula is C16H14Cl2N2OS. The highest BCUT2D eigenvalue weighted by Crippen LogP contribution is 2.21. The zero-order chi connectivity index (χ0) is 16.3. The first-order valence-electron chi connectivity index (χ1n) is 6.51. The Hall–Kier alpha value is -1.62. The summed E-state index contributed by atoms with van der Waals surface area (Å²) in [4.78, 5) is 12.1. The largest absolute Gasteiger partial charge is 0.332 e. The molecule has 1 amide bonds. The molecule has 0 saturated carbocycles. The van der Waals surface area contributed by atoms with Crippen LogP contribution in [0.5, 0.6) is 0 Å². The first-order chi connectivity index (χ1) is 10.4. The van der Waals surface area contributed by atoms with Gasteiger partial charge < -0.3 is 5.32 Å². The molecule has 0 heterocycles. The number of nitrogens with one attached hydrogen (secondary N) is 2. The Morgan fingerprint density at radius 1 is 1.05 bits per heavy atom. The quantitative estimate of drug-likeness (QED) is 0.767. The third-order valence-corrected chi connectivity index (χ3v) is 3.92. The molecule has 0 spiro atoms. The van der Waals surface area contributed by atoms with Gasteiger partial charge in [-0.15, -0.1) is 0 Å². The zero-order valence-electron chi connectivity index (χ0n) is 12.0. The number of hydrogen-bond acceptors (Lipinski definition) is 2. The summed E-state index contributed by atoms with van der Waals surface area (Å²) in [6, 6.07) is 10.5. The van der Waals surface area contributed by atoms with Crippen molar-refractivity contribution in [1.82, 2.24) is 5.32 Å². The van der Waals surface area contributed by atoms with Crippen molar-refractivity contribution in [3.8, 4) is 0 Å². The van der Waals surface area contributed by atoms with Crippen molar-refractivity contribution in [2.45, 2.75) is 13.8 Å². The number of aryl methyl sites for hydroxylation is 2. The number of amides is 1. The second kappa shape index (κ2) is 7.09. The lowest BCUT2D eigenvalue weighted by molar-refractivity contribution is 0.0978. The molecule has 2 N–H and O–H groups in total. The SMILES string of the molecule is Cc1ccc(NC(=S)NC(=O)c2ccc(Cl)cc2Cl)cc1C. The van der Waals surface area contributed by atoms with Crippen molar-refractivity contribution in [2.75, 3.05) is 5.32 Å². The lowest BCUT2D eigenvalue weighted by atomic mass is 10.1. The Kier molecular flexibility index (Phi) is 5.40. The van der Waals surface area contributed by atoms with Crippen LogP contribution in [0.1, 0.15) is 21.5 Å². The maximum Gasteiger partial charge on any atom is 0.258 e. The lowest BCUT2D eigenvalue weighted by Crippen LogP contribution is -2.34. The molecule has 0 unspecified atom stereocenters. The van der Waals surface area contributed by atoms with Gasteiger partial charge in [0.05, 0.1) is 10.6 Å². The highest BCUT2D eigenvalue weighted by Gasteiger charge is 2.12. The van der Waals surface area contributed by atoms with E-state index in [4.69, 9.17) is 35.4 Å². The molecule has 3 nitrogen and oxygen atoms in total.